The van der Waals surface area contributed by atoms with Crippen LogP contribution in [0.5, 0.6) is 23.3 Å². The van der Waals surface area contributed by atoms with E-state index in [1.165, 1.54) is 38.4 Å². The third-order valence-corrected chi connectivity index (χ3v) is 3.77. The molecule has 0 unspecified atom stereocenters. The first-order chi connectivity index (χ1) is 14.9. The molecule has 0 saturated carbocycles. The fourth-order valence-corrected chi connectivity index (χ4v) is 2.43. The molecule has 0 saturated heterocycles. The number of nitrogens with one attached hydrogen (secondary N) is 1. The van der Waals surface area contributed by atoms with Crippen LogP contribution in [0.4, 0.5) is 13.2 Å². The second-order valence-electron chi connectivity index (χ2n) is 5.80. The van der Waals surface area contributed by atoms with Gasteiger partial charge in [-0.1, -0.05) is 11.2 Å². The third-order valence-electron chi connectivity index (χ3n) is 3.77. The van der Waals surface area contributed by atoms with Gasteiger partial charge in [0.1, 0.15) is 36.6 Å². The Morgan fingerprint density at radius 2 is 1.71 bits per heavy atom. The number of hydrogen-bond donors (Lipinski definition) is 1. The molecule has 0 atom stereocenters. The Morgan fingerprint density at radius 1 is 1.00 bits per heavy atom. The van der Waals surface area contributed by atoms with Crippen molar-refractivity contribution in [3.63, 3.8) is 0 Å². The first-order valence-corrected chi connectivity index (χ1v) is 8.68. The Balaban J connectivity index is 1.98. The zero-order chi connectivity index (χ0) is 22.4. The molecule has 1 N–H and O–H groups in total. The lowest BCUT2D eigenvalue weighted by molar-refractivity contribution is -0.114. The molecule has 31 heavy (non-hydrogen) atoms. The van der Waals surface area contributed by atoms with Gasteiger partial charge in [0.15, 0.2) is 5.71 Å². The number of rotatable bonds is 7. The van der Waals surface area contributed by atoms with Crippen LogP contribution in [0.3, 0.4) is 0 Å². The predicted molar refractivity (Wildman–Crippen MR) is 103 cm³/mol. The quantitative estimate of drug-likeness (QED) is 0.453. The number of ether oxygens (including phenoxy) is 2. The molecule has 8 nitrogen and oxygen atoms in total. The Hall–Kier alpha value is -4.15. The summed E-state index contributed by atoms with van der Waals surface area (Å²) in [5.41, 5.74) is -0.237. The number of likely N-dealkylation sites (N-methyl/N-ethyl adjacent to an activating group) is 1. The highest BCUT2D eigenvalue weighted by Crippen LogP contribution is 2.32. The maximum Gasteiger partial charge on any atom is 0.273 e. The summed E-state index contributed by atoms with van der Waals surface area (Å²) in [5, 5.41) is 5.97. The minimum absolute atomic E-state index is 0.00760. The molecule has 0 aliphatic rings. The van der Waals surface area contributed by atoms with E-state index in [9.17, 15) is 18.0 Å². The summed E-state index contributed by atoms with van der Waals surface area (Å²) in [5.74, 6) is -4.56. The minimum Gasteiger partial charge on any atom is -0.436 e. The van der Waals surface area contributed by atoms with E-state index < -0.39 is 35.1 Å². The van der Waals surface area contributed by atoms with Crippen LogP contribution in [0.15, 0.2) is 53.9 Å². The summed E-state index contributed by atoms with van der Waals surface area (Å²) in [6, 6.07) is 8.17. The standard InChI is InChI=1S/C20H15F3N4O4/c1-24-18(28)17(27-29-2)14-7-6-12(22)9-15(14)31-20-16(23)19(25-10-26-20)30-13-5-3-4-11(21)8-13/h3-10H,1-2H3,(H,24,28)/b27-17+. The number of carbonyl (C=O) groups excluding carboxylic acids is 1. The van der Waals surface area contributed by atoms with E-state index in [0.29, 0.717) is 0 Å². The van der Waals surface area contributed by atoms with Gasteiger partial charge < -0.3 is 19.6 Å². The monoisotopic (exact) mass is 432 g/mol. The normalized spacial score (nSPS) is 11.1. The van der Waals surface area contributed by atoms with Gasteiger partial charge in [-0.15, -0.1) is 0 Å². The number of aromatic nitrogens is 2. The largest absolute Gasteiger partial charge is 0.436 e. The predicted octanol–water partition coefficient (Wildman–Crippen LogP) is 3.58. The summed E-state index contributed by atoms with van der Waals surface area (Å²) in [4.78, 5) is 24.1. The highest BCUT2D eigenvalue weighted by Gasteiger charge is 2.22. The lowest BCUT2D eigenvalue weighted by Gasteiger charge is -2.13. The Kier molecular flexibility index (Phi) is 6.65. The lowest BCUT2D eigenvalue weighted by Crippen LogP contribution is -2.29. The van der Waals surface area contributed by atoms with Crippen LogP contribution in [0.2, 0.25) is 0 Å². The lowest BCUT2D eigenvalue weighted by atomic mass is 10.1. The summed E-state index contributed by atoms with van der Waals surface area (Å²) in [6.07, 6.45) is 0.939. The van der Waals surface area contributed by atoms with E-state index in [0.717, 1.165) is 24.5 Å². The molecule has 0 aliphatic carbocycles. The van der Waals surface area contributed by atoms with Crippen molar-refractivity contribution in [1.29, 1.82) is 0 Å². The average molecular weight is 432 g/mol. The average Bonchev–Trinajstić information content (AvgIpc) is 2.75. The number of amides is 1. The van der Waals surface area contributed by atoms with Crippen LogP contribution in [0.1, 0.15) is 5.56 Å². The molecule has 1 heterocycles. The van der Waals surface area contributed by atoms with E-state index >= 15 is 0 Å². The molecule has 1 amide bonds. The third kappa shape index (κ3) is 5.07. The van der Waals surface area contributed by atoms with Crippen LogP contribution >= 0.6 is 0 Å². The summed E-state index contributed by atoms with van der Waals surface area (Å²) >= 11 is 0. The molecule has 0 radical (unpaired) electrons. The van der Waals surface area contributed by atoms with Crippen molar-refractivity contribution >= 4 is 11.6 Å². The Bertz CT molecular complexity index is 1140. The van der Waals surface area contributed by atoms with Crippen LogP contribution in [-0.2, 0) is 9.63 Å². The van der Waals surface area contributed by atoms with Crippen LogP contribution in [-0.4, -0.2) is 35.7 Å². The molecule has 0 spiro atoms. The molecular formula is C20H15F3N4O4. The Morgan fingerprint density at radius 3 is 2.39 bits per heavy atom. The van der Waals surface area contributed by atoms with Crippen molar-refractivity contribution in [1.82, 2.24) is 15.3 Å². The zero-order valence-electron chi connectivity index (χ0n) is 16.2. The number of hydrogen-bond acceptors (Lipinski definition) is 7. The molecule has 0 fully saturated rings. The molecule has 0 bridgehead atoms. The van der Waals surface area contributed by atoms with Crippen LogP contribution in [0, 0.1) is 17.5 Å². The van der Waals surface area contributed by atoms with Gasteiger partial charge in [0.2, 0.25) is 5.82 Å². The number of oxime groups is 1. The number of carbonyl (C=O) groups is 1. The van der Waals surface area contributed by atoms with E-state index in [4.69, 9.17) is 9.47 Å². The number of nitrogens with zero attached hydrogens (tertiary/aromatic N) is 3. The van der Waals surface area contributed by atoms with Gasteiger partial charge in [-0.3, -0.25) is 4.79 Å². The fourth-order valence-electron chi connectivity index (χ4n) is 2.43. The van der Waals surface area contributed by atoms with Crippen molar-refractivity contribution in [3.8, 4) is 23.3 Å². The van der Waals surface area contributed by atoms with Gasteiger partial charge in [0.25, 0.3) is 17.7 Å². The molecule has 160 valence electrons. The number of benzene rings is 2. The van der Waals surface area contributed by atoms with Crippen LogP contribution < -0.4 is 14.8 Å². The molecule has 1 aromatic heterocycles. The van der Waals surface area contributed by atoms with Gasteiger partial charge >= 0.3 is 0 Å². The highest BCUT2D eigenvalue weighted by molar-refractivity contribution is 6.45. The fraction of sp³-hybridized carbons (Fsp3) is 0.100. The van der Waals surface area contributed by atoms with Crippen molar-refractivity contribution < 1.29 is 32.3 Å². The molecule has 2 aromatic carbocycles. The van der Waals surface area contributed by atoms with Gasteiger partial charge in [-0.2, -0.15) is 14.4 Å². The molecule has 3 rings (SSSR count). The Labute approximate surface area is 174 Å². The maximum absolute atomic E-state index is 14.9. The zero-order valence-corrected chi connectivity index (χ0v) is 16.2. The summed E-state index contributed by atoms with van der Waals surface area (Å²) in [7, 11) is 2.57. The van der Waals surface area contributed by atoms with E-state index in [1.807, 2.05) is 0 Å². The van der Waals surface area contributed by atoms with Crippen LogP contribution in [0.25, 0.3) is 0 Å². The van der Waals surface area contributed by atoms with Crippen molar-refractivity contribution in [2.24, 2.45) is 5.16 Å². The second-order valence-corrected chi connectivity index (χ2v) is 5.80. The van der Waals surface area contributed by atoms with Gasteiger partial charge in [-0.05, 0) is 24.3 Å². The molecule has 0 aliphatic heterocycles. The SMILES string of the molecule is CNC(=O)/C(=N/OC)c1ccc(F)cc1Oc1ncnc(Oc2cccc(F)c2)c1F. The number of halogens is 3. The molecule has 3 aromatic rings. The van der Waals surface area contributed by atoms with E-state index in [1.54, 1.807) is 0 Å². The first-order valence-electron chi connectivity index (χ1n) is 8.68. The second kappa shape index (κ2) is 9.57. The minimum atomic E-state index is -1.13. The van der Waals surface area contributed by atoms with E-state index in [2.05, 4.69) is 25.3 Å². The van der Waals surface area contributed by atoms with Crippen molar-refractivity contribution in [2.75, 3.05) is 14.2 Å². The summed E-state index contributed by atoms with van der Waals surface area (Å²) < 4.78 is 52.7. The first kappa shape index (κ1) is 21.6. The van der Waals surface area contributed by atoms with Crippen molar-refractivity contribution in [3.05, 3.63) is 71.8 Å². The maximum atomic E-state index is 14.9. The van der Waals surface area contributed by atoms with Gasteiger partial charge in [0, 0.05) is 19.2 Å². The van der Waals surface area contributed by atoms with Crippen molar-refractivity contribution in [2.45, 2.75) is 0 Å². The molecule has 11 heteroatoms. The summed E-state index contributed by atoms with van der Waals surface area (Å²) in [6.45, 7) is 0. The smallest absolute Gasteiger partial charge is 0.273 e. The molecular weight excluding hydrogens is 417 g/mol. The van der Waals surface area contributed by atoms with E-state index in [-0.39, 0.29) is 22.8 Å². The topological polar surface area (TPSA) is 94.9 Å². The van der Waals surface area contributed by atoms with Gasteiger partial charge in [0.05, 0.1) is 5.56 Å². The van der Waals surface area contributed by atoms with Gasteiger partial charge in [-0.25, -0.2) is 8.78 Å². The highest BCUT2D eigenvalue weighted by atomic mass is 19.1.